The number of ether oxygens (including phenoxy) is 1. The van der Waals surface area contributed by atoms with Crippen LogP contribution in [0.2, 0.25) is 5.15 Å². The Hall–Kier alpha value is -1.13. The lowest BCUT2D eigenvalue weighted by Gasteiger charge is -2.08. The van der Waals surface area contributed by atoms with Crippen LogP contribution in [0.1, 0.15) is 6.92 Å². The first kappa shape index (κ1) is 12.3. The van der Waals surface area contributed by atoms with Gasteiger partial charge in [-0.3, -0.25) is 0 Å². The molecule has 0 atom stereocenters. The van der Waals surface area contributed by atoms with E-state index >= 15 is 0 Å². The molecule has 0 aliphatic carbocycles. The van der Waals surface area contributed by atoms with E-state index in [0.717, 1.165) is 11.3 Å². The summed E-state index contributed by atoms with van der Waals surface area (Å²) >= 11 is 9.22. The Morgan fingerprint density at radius 2 is 2.12 bits per heavy atom. The maximum atomic E-state index is 5.95. The van der Waals surface area contributed by atoms with Crippen molar-refractivity contribution < 1.29 is 4.74 Å². The van der Waals surface area contributed by atoms with Crippen LogP contribution in [0, 0.1) is 0 Å². The van der Waals surface area contributed by atoms with Gasteiger partial charge in [-0.15, -0.1) is 0 Å². The van der Waals surface area contributed by atoms with Crippen LogP contribution in [0.4, 0.5) is 0 Å². The topological polar surface area (TPSA) is 35.0 Å². The van der Waals surface area contributed by atoms with E-state index in [0.29, 0.717) is 22.1 Å². The summed E-state index contributed by atoms with van der Waals surface area (Å²) in [5, 5.41) is 0.390. The van der Waals surface area contributed by atoms with Crippen LogP contribution in [0.25, 0.3) is 11.4 Å². The van der Waals surface area contributed by atoms with Gasteiger partial charge in [0, 0.05) is 6.20 Å². The number of para-hydroxylation sites is 1. The minimum absolute atomic E-state index is 0.390. The van der Waals surface area contributed by atoms with Crippen LogP contribution in [0.3, 0.4) is 0 Å². The molecule has 2 rings (SSSR count). The van der Waals surface area contributed by atoms with Crippen molar-refractivity contribution in [3.8, 4) is 17.1 Å². The van der Waals surface area contributed by atoms with Crippen LogP contribution < -0.4 is 4.74 Å². The smallest absolute Gasteiger partial charge is 0.164 e. The second-order valence-electron chi connectivity index (χ2n) is 3.26. The first-order valence-corrected chi connectivity index (χ1v) is 6.29. The van der Waals surface area contributed by atoms with Crippen LogP contribution in [-0.2, 0) is 0 Å². The van der Waals surface area contributed by atoms with E-state index in [-0.39, 0.29) is 0 Å². The Morgan fingerprint density at radius 1 is 1.35 bits per heavy atom. The fourth-order valence-corrected chi connectivity index (χ4v) is 1.73. The summed E-state index contributed by atoms with van der Waals surface area (Å²) in [5.74, 6) is 1.32. The summed E-state index contributed by atoms with van der Waals surface area (Å²) in [5.41, 5.74) is 0.837. The number of benzene rings is 1. The summed E-state index contributed by atoms with van der Waals surface area (Å²) in [7, 11) is 0. The Balaban J connectivity index is 2.48. The summed E-state index contributed by atoms with van der Waals surface area (Å²) in [6.45, 7) is 2.54. The summed E-state index contributed by atoms with van der Waals surface area (Å²) in [6, 6.07) is 7.62. The molecule has 0 spiro atoms. The van der Waals surface area contributed by atoms with Crippen molar-refractivity contribution in [1.29, 1.82) is 0 Å². The van der Waals surface area contributed by atoms with E-state index in [1.54, 1.807) is 6.20 Å². The Bertz CT molecular complexity index is 534. The molecule has 1 aromatic heterocycles. The molecule has 0 saturated heterocycles. The van der Waals surface area contributed by atoms with E-state index in [9.17, 15) is 0 Å². The van der Waals surface area contributed by atoms with Gasteiger partial charge in [-0.05, 0) is 35.0 Å². The lowest BCUT2D eigenvalue weighted by Crippen LogP contribution is -1.96. The van der Waals surface area contributed by atoms with E-state index in [4.69, 9.17) is 16.3 Å². The monoisotopic (exact) mass is 312 g/mol. The third-order valence-electron chi connectivity index (χ3n) is 2.13. The maximum absolute atomic E-state index is 5.95. The Kier molecular flexibility index (Phi) is 3.97. The van der Waals surface area contributed by atoms with Gasteiger partial charge in [0.15, 0.2) is 5.82 Å². The molecular weight excluding hydrogens is 304 g/mol. The first-order valence-electron chi connectivity index (χ1n) is 5.12. The van der Waals surface area contributed by atoms with Gasteiger partial charge in [0.1, 0.15) is 10.9 Å². The van der Waals surface area contributed by atoms with Gasteiger partial charge in [-0.2, -0.15) is 0 Å². The van der Waals surface area contributed by atoms with Gasteiger partial charge in [0.25, 0.3) is 0 Å². The quantitative estimate of drug-likeness (QED) is 0.805. The maximum Gasteiger partial charge on any atom is 0.164 e. The predicted octanol–water partition coefficient (Wildman–Crippen LogP) is 3.96. The number of hydrogen-bond acceptors (Lipinski definition) is 3. The number of nitrogens with zero attached hydrogens (tertiary/aromatic N) is 2. The average molecular weight is 314 g/mol. The second-order valence-corrected chi connectivity index (χ2v) is 4.47. The minimum Gasteiger partial charge on any atom is -0.493 e. The van der Waals surface area contributed by atoms with Gasteiger partial charge < -0.3 is 4.74 Å². The molecule has 0 N–H and O–H groups in total. The second kappa shape index (κ2) is 5.47. The van der Waals surface area contributed by atoms with Crippen LogP contribution in [0.5, 0.6) is 5.75 Å². The Labute approximate surface area is 113 Å². The molecule has 0 aliphatic rings. The zero-order valence-corrected chi connectivity index (χ0v) is 11.5. The van der Waals surface area contributed by atoms with Crippen molar-refractivity contribution in [2.75, 3.05) is 6.61 Å². The van der Waals surface area contributed by atoms with Gasteiger partial charge in [0.05, 0.1) is 16.6 Å². The van der Waals surface area contributed by atoms with Gasteiger partial charge in [-0.25, -0.2) is 9.97 Å². The van der Waals surface area contributed by atoms with Crippen LogP contribution >= 0.6 is 27.5 Å². The lowest BCUT2D eigenvalue weighted by atomic mass is 10.2. The van der Waals surface area contributed by atoms with Crippen LogP contribution in [0.15, 0.2) is 34.9 Å². The molecule has 3 nitrogen and oxygen atoms in total. The van der Waals surface area contributed by atoms with Crippen molar-refractivity contribution in [3.05, 3.63) is 40.1 Å². The number of rotatable bonds is 3. The molecule has 0 saturated carbocycles. The molecule has 17 heavy (non-hydrogen) atoms. The molecule has 1 heterocycles. The fraction of sp³-hybridized carbons (Fsp3) is 0.167. The molecule has 0 bridgehead atoms. The lowest BCUT2D eigenvalue weighted by molar-refractivity contribution is 0.341. The average Bonchev–Trinajstić information content (AvgIpc) is 2.34. The minimum atomic E-state index is 0.390. The number of aromatic nitrogens is 2. The normalized spacial score (nSPS) is 10.3. The van der Waals surface area contributed by atoms with Crippen LogP contribution in [-0.4, -0.2) is 16.6 Å². The summed E-state index contributed by atoms with van der Waals surface area (Å²) in [4.78, 5) is 8.44. The highest BCUT2D eigenvalue weighted by Gasteiger charge is 2.10. The van der Waals surface area contributed by atoms with Crippen molar-refractivity contribution in [1.82, 2.24) is 9.97 Å². The molecule has 2 aromatic rings. The predicted molar refractivity (Wildman–Crippen MR) is 71.3 cm³/mol. The Morgan fingerprint density at radius 3 is 2.82 bits per heavy atom. The molecule has 1 aromatic carbocycles. The molecule has 5 heteroatoms. The number of hydrogen-bond donors (Lipinski definition) is 0. The standard InChI is InChI=1S/C12H10BrClN2O/c1-2-17-10-6-4-3-5-8(10)12-15-7-9(13)11(14)16-12/h3-7H,2H2,1H3. The van der Waals surface area contributed by atoms with Crippen molar-refractivity contribution in [3.63, 3.8) is 0 Å². The first-order chi connectivity index (χ1) is 8.22. The van der Waals surface area contributed by atoms with E-state index in [2.05, 4.69) is 25.9 Å². The zero-order valence-electron chi connectivity index (χ0n) is 9.15. The zero-order chi connectivity index (χ0) is 12.3. The van der Waals surface area contributed by atoms with E-state index in [1.807, 2.05) is 31.2 Å². The summed E-state index contributed by atoms with van der Waals surface area (Å²) < 4.78 is 6.20. The molecule has 0 amide bonds. The number of halogens is 2. The molecule has 0 radical (unpaired) electrons. The molecule has 88 valence electrons. The third kappa shape index (κ3) is 2.76. The molecule has 0 fully saturated rings. The molecule has 0 unspecified atom stereocenters. The largest absolute Gasteiger partial charge is 0.493 e. The van der Waals surface area contributed by atoms with Gasteiger partial charge in [0.2, 0.25) is 0 Å². The highest BCUT2D eigenvalue weighted by molar-refractivity contribution is 9.10. The third-order valence-corrected chi connectivity index (χ3v) is 3.23. The highest BCUT2D eigenvalue weighted by Crippen LogP contribution is 2.29. The van der Waals surface area contributed by atoms with Crippen molar-refractivity contribution in [2.24, 2.45) is 0 Å². The molecular formula is C12H10BrClN2O. The summed E-state index contributed by atoms with van der Waals surface area (Å²) in [6.07, 6.45) is 1.63. The molecule has 0 aliphatic heterocycles. The van der Waals surface area contributed by atoms with E-state index < -0.39 is 0 Å². The van der Waals surface area contributed by atoms with Gasteiger partial charge >= 0.3 is 0 Å². The fourth-order valence-electron chi connectivity index (χ4n) is 1.41. The van der Waals surface area contributed by atoms with Crippen molar-refractivity contribution in [2.45, 2.75) is 6.92 Å². The SMILES string of the molecule is CCOc1ccccc1-c1ncc(Br)c(Cl)n1. The highest BCUT2D eigenvalue weighted by atomic mass is 79.9. The van der Waals surface area contributed by atoms with Gasteiger partial charge in [-0.1, -0.05) is 23.7 Å². The van der Waals surface area contributed by atoms with E-state index in [1.165, 1.54) is 0 Å². The van der Waals surface area contributed by atoms with Crippen molar-refractivity contribution >= 4 is 27.5 Å².